The molecule has 8 heteroatoms. The van der Waals surface area contributed by atoms with Gasteiger partial charge in [-0.25, -0.2) is 0 Å². The van der Waals surface area contributed by atoms with Gasteiger partial charge in [0.2, 0.25) is 0 Å². The van der Waals surface area contributed by atoms with Crippen LogP contribution in [0, 0.1) is 0 Å². The third-order valence-corrected chi connectivity index (χ3v) is 6.24. The second-order valence-electron chi connectivity index (χ2n) is 7.38. The lowest BCUT2D eigenvalue weighted by Gasteiger charge is -2.37. The van der Waals surface area contributed by atoms with Crippen molar-refractivity contribution in [1.29, 1.82) is 0 Å². The molecule has 0 saturated carbocycles. The fraction of sp³-hybridized carbons (Fsp3) is 0.167. The molecule has 0 spiro atoms. The van der Waals surface area contributed by atoms with Crippen molar-refractivity contribution in [3.8, 4) is 0 Å². The molecule has 1 saturated heterocycles. The highest BCUT2D eigenvalue weighted by molar-refractivity contribution is 6.43. The number of carbonyl (C=O) groups is 2. The van der Waals surface area contributed by atoms with Gasteiger partial charge in [0, 0.05) is 48.7 Å². The number of hydrogen-bond donors (Lipinski definition) is 1. The zero-order valence-electron chi connectivity index (χ0n) is 17.1. The number of carbonyl (C=O) groups excluding carboxylic acids is 2. The Labute approximate surface area is 196 Å². The van der Waals surface area contributed by atoms with Crippen LogP contribution in [0.2, 0.25) is 10.0 Å². The minimum atomic E-state index is -1.38. The van der Waals surface area contributed by atoms with E-state index in [1.54, 1.807) is 30.3 Å². The lowest BCUT2D eigenvalue weighted by molar-refractivity contribution is -0.255. The highest BCUT2D eigenvalue weighted by Gasteiger charge is 2.20. The van der Waals surface area contributed by atoms with Crippen LogP contribution >= 0.6 is 23.2 Å². The van der Waals surface area contributed by atoms with Crippen LogP contribution in [0.5, 0.6) is 0 Å². The number of piperazine rings is 1. The molecule has 6 nitrogen and oxygen atoms in total. The Morgan fingerprint density at radius 2 is 1.41 bits per heavy atom. The van der Waals surface area contributed by atoms with Crippen LogP contribution in [0.25, 0.3) is 0 Å². The first-order valence-electron chi connectivity index (χ1n) is 10.1. The van der Waals surface area contributed by atoms with E-state index < -0.39 is 11.9 Å². The Morgan fingerprint density at radius 3 is 2.06 bits per heavy atom. The number of benzene rings is 3. The van der Waals surface area contributed by atoms with Crippen molar-refractivity contribution in [2.75, 3.05) is 41.3 Å². The summed E-state index contributed by atoms with van der Waals surface area (Å²) in [4.78, 5) is 28.2. The molecule has 0 unspecified atom stereocenters. The highest BCUT2D eigenvalue weighted by atomic mass is 35.5. The van der Waals surface area contributed by atoms with Crippen molar-refractivity contribution >= 4 is 52.1 Å². The number of carboxylic acids is 1. The predicted molar refractivity (Wildman–Crippen MR) is 126 cm³/mol. The van der Waals surface area contributed by atoms with Gasteiger partial charge in [-0.2, -0.15) is 0 Å². The van der Waals surface area contributed by atoms with E-state index >= 15 is 0 Å². The van der Waals surface area contributed by atoms with Gasteiger partial charge in [0.05, 0.1) is 21.7 Å². The first-order valence-corrected chi connectivity index (χ1v) is 10.9. The topological polar surface area (TPSA) is 75.7 Å². The number of hydrogen-bond acceptors (Lipinski definition) is 5. The summed E-state index contributed by atoms with van der Waals surface area (Å²) in [6.45, 7) is 3.23. The summed E-state index contributed by atoms with van der Waals surface area (Å²) in [5, 5.41) is 15.1. The van der Waals surface area contributed by atoms with Crippen molar-refractivity contribution in [3.05, 3.63) is 87.9 Å². The summed E-state index contributed by atoms with van der Waals surface area (Å²) in [6, 6.07) is 19.1. The van der Waals surface area contributed by atoms with Crippen molar-refractivity contribution in [3.63, 3.8) is 0 Å². The Hall–Kier alpha value is -3.22. The summed E-state index contributed by atoms with van der Waals surface area (Å²) >= 11 is 12.5. The smallest absolute Gasteiger partial charge is 0.256 e. The third-order valence-electron chi connectivity index (χ3n) is 5.43. The molecule has 0 aromatic heterocycles. The number of rotatable bonds is 5. The van der Waals surface area contributed by atoms with E-state index in [9.17, 15) is 14.7 Å². The van der Waals surface area contributed by atoms with Gasteiger partial charge in [0.15, 0.2) is 0 Å². The predicted octanol–water partition coefficient (Wildman–Crippen LogP) is 3.94. The second-order valence-corrected chi connectivity index (χ2v) is 8.17. The third kappa shape index (κ3) is 4.66. The molecule has 3 aromatic rings. The van der Waals surface area contributed by atoms with Crippen molar-refractivity contribution in [1.82, 2.24) is 0 Å². The van der Waals surface area contributed by atoms with E-state index in [1.165, 1.54) is 12.1 Å². The molecular weight excluding hydrogens is 449 g/mol. The number of nitrogens with one attached hydrogen (secondary N) is 1. The molecule has 0 bridgehead atoms. The number of nitrogens with zero attached hydrogens (tertiary/aromatic N) is 2. The fourth-order valence-electron chi connectivity index (χ4n) is 3.76. The highest BCUT2D eigenvalue weighted by Crippen LogP contribution is 2.33. The Morgan fingerprint density at radius 1 is 0.781 bits per heavy atom. The molecule has 0 aliphatic carbocycles. The molecule has 1 amide bonds. The van der Waals surface area contributed by atoms with E-state index in [2.05, 4.69) is 15.1 Å². The molecule has 3 aromatic carbocycles. The molecule has 1 aliphatic heterocycles. The molecule has 164 valence electrons. The van der Waals surface area contributed by atoms with Gasteiger partial charge in [-0.15, -0.1) is 0 Å². The Bertz CT molecular complexity index is 1140. The number of anilines is 3. The summed E-state index contributed by atoms with van der Waals surface area (Å²) in [5.74, 6) is -1.88. The van der Waals surface area contributed by atoms with Crippen LogP contribution in [0.4, 0.5) is 17.1 Å². The van der Waals surface area contributed by atoms with Gasteiger partial charge >= 0.3 is 0 Å². The molecule has 0 atom stereocenters. The van der Waals surface area contributed by atoms with Crippen LogP contribution in [-0.4, -0.2) is 38.1 Å². The lowest BCUT2D eigenvalue weighted by atomic mass is 10.1. The quantitative estimate of drug-likeness (QED) is 0.613. The second kappa shape index (κ2) is 9.51. The standard InChI is InChI=1S/C24H21Cl2N3O3/c25-20-6-3-7-21(22(20)26)29-14-12-28(13-15-29)17-10-8-16(9-11-17)27-23(30)18-4-1-2-5-19(18)24(31)32/h1-11H,12-15H2,(H,27,30)(H,31,32)/p-1. The van der Waals surface area contributed by atoms with Crippen molar-refractivity contribution in [2.24, 2.45) is 0 Å². The summed E-state index contributed by atoms with van der Waals surface area (Å²) in [5.41, 5.74) is 2.48. The molecule has 1 aliphatic rings. The lowest BCUT2D eigenvalue weighted by Crippen LogP contribution is -2.46. The molecule has 1 fully saturated rings. The molecule has 0 radical (unpaired) electrons. The number of amides is 1. The zero-order chi connectivity index (χ0) is 22.7. The van der Waals surface area contributed by atoms with Gasteiger partial charge < -0.3 is 25.0 Å². The largest absolute Gasteiger partial charge is 0.545 e. The number of halogens is 2. The monoisotopic (exact) mass is 468 g/mol. The molecule has 1 heterocycles. The minimum Gasteiger partial charge on any atom is -0.545 e. The molecular formula is C24H20Cl2N3O3-. The normalized spacial score (nSPS) is 13.7. The molecule has 32 heavy (non-hydrogen) atoms. The maximum atomic E-state index is 12.5. The van der Waals surface area contributed by atoms with Crippen LogP contribution < -0.4 is 20.2 Å². The van der Waals surface area contributed by atoms with E-state index in [0.717, 1.165) is 37.6 Å². The maximum Gasteiger partial charge on any atom is 0.256 e. The maximum absolute atomic E-state index is 12.5. The van der Waals surface area contributed by atoms with E-state index in [1.807, 2.05) is 24.3 Å². The van der Waals surface area contributed by atoms with Crippen molar-refractivity contribution < 1.29 is 14.7 Å². The average Bonchev–Trinajstić information content (AvgIpc) is 2.81. The first-order chi connectivity index (χ1) is 15.4. The zero-order valence-corrected chi connectivity index (χ0v) is 18.6. The Kier molecular flexibility index (Phi) is 6.53. The van der Waals surface area contributed by atoms with Gasteiger partial charge in [-0.1, -0.05) is 47.5 Å². The van der Waals surface area contributed by atoms with Crippen LogP contribution in [-0.2, 0) is 0 Å². The van der Waals surface area contributed by atoms with Gasteiger partial charge in [-0.3, -0.25) is 4.79 Å². The summed E-state index contributed by atoms with van der Waals surface area (Å²) < 4.78 is 0. The fourth-order valence-corrected chi connectivity index (χ4v) is 4.17. The summed E-state index contributed by atoms with van der Waals surface area (Å²) in [6.07, 6.45) is 0. The number of aromatic carboxylic acids is 1. The van der Waals surface area contributed by atoms with Crippen LogP contribution in [0.1, 0.15) is 20.7 Å². The van der Waals surface area contributed by atoms with Gasteiger partial charge in [0.1, 0.15) is 0 Å². The van der Waals surface area contributed by atoms with Gasteiger partial charge in [0.25, 0.3) is 5.91 Å². The Balaban J connectivity index is 1.39. The minimum absolute atomic E-state index is 0.0624. The van der Waals surface area contributed by atoms with E-state index in [0.29, 0.717) is 15.7 Å². The van der Waals surface area contributed by atoms with E-state index in [4.69, 9.17) is 23.2 Å². The van der Waals surface area contributed by atoms with Gasteiger partial charge in [-0.05, 0) is 42.5 Å². The van der Waals surface area contributed by atoms with Crippen LogP contribution in [0.15, 0.2) is 66.7 Å². The SMILES string of the molecule is O=C([O-])c1ccccc1C(=O)Nc1ccc(N2CCN(c3cccc(Cl)c3Cl)CC2)cc1. The molecule has 1 N–H and O–H groups in total. The van der Waals surface area contributed by atoms with E-state index in [-0.39, 0.29) is 11.1 Å². The first kappa shape index (κ1) is 22.0. The number of carboxylic acid groups (broad SMARTS) is 1. The van der Waals surface area contributed by atoms with Crippen LogP contribution in [0.3, 0.4) is 0 Å². The summed E-state index contributed by atoms with van der Waals surface area (Å²) in [7, 11) is 0. The molecule has 4 rings (SSSR count). The van der Waals surface area contributed by atoms with Crippen molar-refractivity contribution in [2.45, 2.75) is 0 Å². The average molecular weight is 469 g/mol.